The van der Waals surface area contributed by atoms with E-state index >= 15 is 0 Å². The molecule has 0 bridgehead atoms. The van der Waals surface area contributed by atoms with E-state index in [1.54, 1.807) is 7.05 Å². The molecule has 18 heavy (non-hydrogen) atoms. The maximum absolute atomic E-state index is 10.8. The second-order valence-corrected chi connectivity index (χ2v) is 4.57. The monoisotopic (exact) mass is 252 g/mol. The lowest BCUT2D eigenvalue weighted by molar-refractivity contribution is -0.384. The maximum Gasteiger partial charge on any atom is 0.276 e. The third-order valence-corrected chi connectivity index (χ3v) is 2.54. The summed E-state index contributed by atoms with van der Waals surface area (Å²) < 4.78 is 0. The number of hydrogen-bond acceptors (Lipinski definition) is 5. The van der Waals surface area contributed by atoms with E-state index in [1.807, 2.05) is 0 Å². The molecule has 6 nitrogen and oxygen atoms in total. The summed E-state index contributed by atoms with van der Waals surface area (Å²) in [7, 11) is 1.69. The Morgan fingerprint density at radius 2 is 2.06 bits per heavy atom. The predicted molar refractivity (Wildman–Crippen MR) is 73.0 cm³/mol. The zero-order chi connectivity index (χ0) is 13.5. The number of hydrogen-bond donors (Lipinski definition) is 2. The van der Waals surface area contributed by atoms with E-state index in [2.05, 4.69) is 29.5 Å². The summed E-state index contributed by atoms with van der Waals surface area (Å²) in [5, 5.41) is 16.7. The topological polar surface area (TPSA) is 80.1 Å². The van der Waals surface area contributed by atoms with Crippen LogP contribution in [0.25, 0.3) is 0 Å². The molecule has 0 aromatic carbocycles. The first-order chi connectivity index (χ1) is 8.52. The van der Waals surface area contributed by atoms with Crippen molar-refractivity contribution in [2.75, 3.05) is 24.2 Å². The summed E-state index contributed by atoms with van der Waals surface area (Å²) in [5.74, 6) is 1.70. The standard InChI is InChI=1S/C12H20N4O2/c1-9(2)5-4-6-14-12-8-10(16(17)18)7-11(13-3)15-12/h7-9H,4-6H2,1-3H3,(H2,13,14,15). The summed E-state index contributed by atoms with van der Waals surface area (Å²) in [4.78, 5) is 14.6. The van der Waals surface area contributed by atoms with E-state index in [0.717, 1.165) is 19.4 Å². The molecule has 2 N–H and O–H groups in total. The Morgan fingerprint density at radius 1 is 1.39 bits per heavy atom. The van der Waals surface area contributed by atoms with Crippen LogP contribution >= 0.6 is 0 Å². The van der Waals surface area contributed by atoms with Gasteiger partial charge in [-0.05, 0) is 18.8 Å². The van der Waals surface area contributed by atoms with Crippen LogP contribution in [-0.4, -0.2) is 23.5 Å². The molecule has 100 valence electrons. The largest absolute Gasteiger partial charge is 0.373 e. The van der Waals surface area contributed by atoms with Gasteiger partial charge in [0.25, 0.3) is 5.69 Å². The highest BCUT2D eigenvalue weighted by Crippen LogP contribution is 2.20. The van der Waals surface area contributed by atoms with Crippen LogP contribution in [0, 0.1) is 16.0 Å². The van der Waals surface area contributed by atoms with Crippen molar-refractivity contribution in [3.63, 3.8) is 0 Å². The minimum Gasteiger partial charge on any atom is -0.373 e. The van der Waals surface area contributed by atoms with Gasteiger partial charge in [0.2, 0.25) is 0 Å². The Kier molecular flexibility index (Phi) is 5.35. The molecule has 0 unspecified atom stereocenters. The average Bonchev–Trinajstić information content (AvgIpc) is 2.34. The summed E-state index contributed by atoms with van der Waals surface area (Å²) in [6.45, 7) is 5.12. The molecule has 1 aromatic rings. The van der Waals surface area contributed by atoms with E-state index in [4.69, 9.17) is 0 Å². The van der Waals surface area contributed by atoms with Crippen LogP contribution in [0.5, 0.6) is 0 Å². The van der Waals surface area contributed by atoms with Crippen molar-refractivity contribution in [3.05, 3.63) is 22.2 Å². The van der Waals surface area contributed by atoms with Gasteiger partial charge in [0.05, 0.1) is 17.1 Å². The zero-order valence-corrected chi connectivity index (χ0v) is 11.1. The normalized spacial score (nSPS) is 10.4. The summed E-state index contributed by atoms with van der Waals surface area (Å²) in [6.07, 6.45) is 2.15. The van der Waals surface area contributed by atoms with Gasteiger partial charge in [-0.2, -0.15) is 0 Å². The lowest BCUT2D eigenvalue weighted by Crippen LogP contribution is -2.06. The number of pyridine rings is 1. The lowest BCUT2D eigenvalue weighted by Gasteiger charge is -2.08. The molecule has 0 amide bonds. The first-order valence-electron chi connectivity index (χ1n) is 6.11. The van der Waals surface area contributed by atoms with Crippen LogP contribution in [0.4, 0.5) is 17.3 Å². The van der Waals surface area contributed by atoms with E-state index < -0.39 is 4.92 Å². The highest BCUT2D eigenvalue weighted by Gasteiger charge is 2.10. The molecule has 0 fully saturated rings. The zero-order valence-electron chi connectivity index (χ0n) is 11.1. The van der Waals surface area contributed by atoms with Crippen molar-refractivity contribution >= 4 is 17.3 Å². The van der Waals surface area contributed by atoms with Crippen molar-refractivity contribution < 1.29 is 4.92 Å². The Hall–Kier alpha value is -1.85. The van der Waals surface area contributed by atoms with Crippen LogP contribution in [-0.2, 0) is 0 Å². The van der Waals surface area contributed by atoms with Gasteiger partial charge >= 0.3 is 0 Å². The fourth-order valence-corrected chi connectivity index (χ4v) is 1.57. The third kappa shape index (κ3) is 4.57. The van der Waals surface area contributed by atoms with Crippen molar-refractivity contribution in [2.24, 2.45) is 5.92 Å². The number of nitro groups is 1. The minimum atomic E-state index is -0.415. The first-order valence-corrected chi connectivity index (χ1v) is 6.11. The number of aromatic nitrogens is 1. The second-order valence-electron chi connectivity index (χ2n) is 4.57. The molecule has 0 aliphatic heterocycles. The van der Waals surface area contributed by atoms with Gasteiger partial charge in [-0.25, -0.2) is 4.98 Å². The van der Waals surface area contributed by atoms with E-state index in [9.17, 15) is 10.1 Å². The molecule has 1 rings (SSSR count). The van der Waals surface area contributed by atoms with Crippen LogP contribution in [0.2, 0.25) is 0 Å². The Labute approximate surface area is 107 Å². The first kappa shape index (κ1) is 14.2. The van der Waals surface area contributed by atoms with E-state index in [0.29, 0.717) is 17.6 Å². The van der Waals surface area contributed by atoms with E-state index in [1.165, 1.54) is 12.1 Å². The van der Waals surface area contributed by atoms with E-state index in [-0.39, 0.29) is 5.69 Å². The van der Waals surface area contributed by atoms with Crippen molar-refractivity contribution in [1.82, 2.24) is 4.98 Å². The molecule has 0 atom stereocenters. The van der Waals surface area contributed by atoms with Crippen LogP contribution in [0.1, 0.15) is 26.7 Å². The number of nitrogens with one attached hydrogen (secondary N) is 2. The number of nitrogens with zero attached hydrogens (tertiary/aromatic N) is 2. The average molecular weight is 252 g/mol. The van der Waals surface area contributed by atoms with Crippen LogP contribution < -0.4 is 10.6 Å². The number of rotatable bonds is 7. The molecule has 0 aliphatic rings. The Morgan fingerprint density at radius 3 is 2.61 bits per heavy atom. The molecule has 1 aromatic heterocycles. The molecule has 6 heteroatoms. The van der Waals surface area contributed by atoms with Gasteiger partial charge in [0, 0.05) is 13.6 Å². The fraction of sp³-hybridized carbons (Fsp3) is 0.583. The van der Waals surface area contributed by atoms with Crippen molar-refractivity contribution in [3.8, 4) is 0 Å². The molecule has 1 heterocycles. The van der Waals surface area contributed by atoms with Crippen LogP contribution in [0.15, 0.2) is 12.1 Å². The lowest BCUT2D eigenvalue weighted by atomic mass is 10.1. The highest BCUT2D eigenvalue weighted by molar-refractivity contribution is 5.54. The molecule has 0 saturated carbocycles. The molecule has 0 radical (unpaired) electrons. The van der Waals surface area contributed by atoms with Gasteiger partial charge in [-0.15, -0.1) is 0 Å². The second kappa shape index (κ2) is 6.78. The quantitative estimate of drug-likeness (QED) is 0.443. The van der Waals surface area contributed by atoms with Crippen molar-refractivity contribution in [1.29, 1.82) is 0 Å². The van der Waals surface area contributed by atoms with Crippen molar-refractivity contribution in [2.45, 2.75) is 26.7 Å². The summed E-state index contributed by atoms with van der Waals surface area (Å²) >= 11 is 0. The molecular weight excluding hydrogens is 232 g/mol. The maximum atomic E-state index is 10.8. The SMILES string of the molecule is CNc1cc([N+](=O)[O-])cc(NCCCC(C)C)n1. The number of anilines is 2. The smallest absolute Gasteiger partial charge is 0.276 e. The third-order valence-electron chi connectivity index (χ3n) is 2.54. The van der Waals surface area contributed by atoms with Gasteiger partial charge in [-0.3, -0.25) is 10.1 Å². The Bertz CT molecular complexity index is 407. The summed E-state index contributed by atoms with van der Waals surface area (Å²) in [6, 6.07) is 2.87. The van der Waals surface area contributed by atoms with Gasteiger partial charge in [0.15, 0.2) is 0 Å². The highest BCUT2D eigenvalue weighted by atomic mass is 16.6. The Balaban J connectivity index is 2.64. The molecule has 0 aliphatic carbocycles. The molecular formula is C12H20N4O2. The predicted octanol–water partition coefficient (Wildman–Crippen LogP) is 2.88. The minimum absolute atomic E-state index is 0.0423. The fourth-order valence-electron chi connectivity index (χ4n) is 1.57. The van der Waals surface area contributed by atoms with Gasteiger partial charge in [0.1, 0.15) is 11.6 Å². The molecule has 0 spiro atoms. The van der Waals surface area contributed by atoms with Gasteiger partial charge in [-0.1, -0.05) is 13.8 Å². The van der Waals surface area contributed by atoms with Crippen LogP contribution in [0.3, 0.4) is 0 Å². The summed E-state index contributed by atoms with van der Waals surface area (Å²) in [5.41, 5.74) is 0.0423. The molecule has 0 saturated heterocycles. The van der Waals surface area contributed by atoms with Gasteiger partial charge < -0.3 is 10.6 Å².